The highest BCUT2D eigenvalue weighted by Crippen LogP contribution is 2.28. The molecule has 0 radical (unpaired) electrons. The third-order valence-electron chi connectivity index (χ3n) is 6.62. The fourth-order valence-corrected chi connectivity index (χ4v) is 5.59. The Balaban J connectivity index is 1.42. The number of thiophene rings is 1. The van der Waals surface area contributed by atoms with E-state index in [4.69, 9.17) is 9.72 Å². The maximum Gasteiger partial charge on any atom is 0.277 e. The van der Waals surface area contributed by atoms with Gasteiger partial charge in [-0.15, -0.1) is 11.3 Å². The summed E-state index contributed by atoms with van der Waals surface area (Å²) in [6.45, 7) is 1.38. The van der Waals surface area contributed by atoms with Gasteiger partial charge < -0.3 is 15.0 Å². The van der Waals surface area contributed by atoms with Gasteiger partial charge in [-0.2, -0.15) is 0 Å². The van der Waals surface area contributed by atoms with Crippen LogP contribution >= 0.6 is 11.3 Å². The number of anilines is 1. The Labute approximate surface area is 191 Å². The van der Waals surface area contributed by atoms with Gasteiger partial charge in [0.2, 0.25) is 11.9 Å². The first-order chi connectivity index (χ1) is 15.6. The van der Waals surface area contributed by atoms with Gasteiger partial charge in [0.1, 0.15) is 10.4 Å². The Bertz CT molecular complexity index is 1170. The number of rotatable bonds is 5. The molecule has 1 N–H and O–H groups in total. The van der Waals surface area contributed by atoms with E-state index in [1.165, 1.54) is 24.2 Å². The largest absolute Gasteiger partial charge is 0.497 e. The maximum absolute atomic E-state index is 13.4. The van der Waals surface area contributed by atoms with E-state index in [-0.39, 0.29) is 17.4 Å². The number of benzene rings is 1. The average molecular weight is 453 g/mol. The van der Waals surface area contributed by atoms with Crippen LogP contribution in [0.1, 0.15) is 38.5 Å². The van der Waals surface area contributed by atoms with E-state index >= 15 is 0 Å². The molecule has 2 aromatic heterocycles. The molecule has 1 saturated heterocycles. The van der Waals surface area contributed by atoms with Gasteiger partial charge in [0.15, 0.2) is 0 Å². The van der Waals surface area contributed by atoms with Crippen LogP contribution < -0.4 is 20.5 Å². The van der Waals surface area contributed by atoms with E-state index in [0.29, 0.717) is 35.5 Å². The highest BCUT2D eigenvalue weighted by Gasteiger charge is 2.29. The number of carbonyl (C=O) groups excluding carboxylic acids is 1. The highest BCUT2D eigenvalue weighted by atomic mass is 32.1. The molecule has 3 aromatic rings. The Morgan fingerprint density at radius 3 is 2.69 bits per heavy atom. The summed E-state index contributed by atoms with van der Waals surface area (Å²) < 4.78 is 7.70. The van der Waals surface area contributed by atoms with Crippen molar-refractivity contribution in [2.75, 3.05) is 25.1 Å². The van der Waals surface area contributed by atoms with E-state index in [1.54, 1.807) is 11.7 Å². The molecule has 0 atom stereocenters. The molecule has 1 aromatic carbocycles. The summed E-state index contributed by atoms with van der Waals surface area (Å²) in [5.41, 5.74) is 1.37. The quantitative estimate of drug-likeness (QED) is 0.638. The van der Waals surface area contributed by atoms with Crippen LogP contribution in [0.25, 0.3) is 15.9 Å². The van der Waals surface area contributed by atoms with Gasteiger partial charge in [-0.05, 0) is 49.3 Å². The summed E-state index contributed by atoms with van der Waals surface area (Å²) in [5.74, 6) is 1.52. The minimum absolute atomic E-state index is 0.0220. The van der Waals surface area contributed by atoms with Gasteiger partial charge in [-0.25, -0.2) is 9.55 Å². The third kappa shape index (κ3) is 3.99. The van der Waals surface area contributed by atoms with Crippen molar-refractivity contribution in [3.8, 4) is 11.4 Å². The summed E-state index contributed by atoms with van der Waals surface area (Å²) in [5, 5.41) is 5.14. The molecule has 1 saturated carbocycles. The van der Waals surface area contributed by atoms with Crippen LogP contribution in [0.4, 0.5) is 5.95 Å². The Morgan fingerprint density at radius 1 is 1.16 bits per heavy atom. The number of ether oxygens (including phenoxy) is 1. The minimum Gasteiger partial charge on any atom is -0.497 e. The second-order valence-corrected chi connectivity index (χ2v) is 9.56. The number of hydrogen-bond acceptors (Lipinski definition) is 6. The number of nitrogens with zero attached hydrogens (tertiary/aromatic N) is 3. The molecule has 0 spiro atoms. The summed E-state index contributed by atoms with van der Waals surface area (Å²) in [7, 11) is 1.62. The molecule has 2 fully saturated rings. The second-order valence-electron chi connectivity index (χ2n) is 8.64. The lowest BCUT2D eigenvalue weighted by Crippen LogP contribution is -2.44. The predicted molar refractivity (Wildman–Crippen MR) is 127 cm³/mol. The Hall–Kier alpha value is -2.87. The number of hydrogen-bond donors (Lipinski definition) is 1. The van der Waals surface area contributed by atoms with Crippen LogP contribution in [0.15, 0.2) is 40.5 Å². The molecule has 2 aliphatic rings. The van der Waals surface area contributed by atoms with Gasteiger partial charge in [0.25, 0.3) is 5.56 Å². The molecule has 1 aliphatic carbocycles. The van der Waals surface area contributed by atoms with Gasteiger partial charge in [-0.3, -0.25) is 9.59 Å². The molecule has 0 unspecified atom stereocenters. The summed E-state index contributed by atoms with van der Waals surface area (Å²) in [4.78, 5) is 33.2. The summed E-state index contributed by atoms with van der Waals surface area (Å²) >= 11 is 1.41. The van der Waals surface area contributed by atoms with Crippen LogP contribution in [0.2, 0.25) is 0 Å². The summed E-state index contributed by atoms with van der Waals surface area (Å²) in [6.07, 6.45) is 6.14. The van der Waals surface area contributed by atoms with Crippen LogP contribution in [0.3, 0.4) is 0 Å². The van der Waals surface area contributed by atoms with Crippen LogP contribution in [0.5, 0.6) is 5.75 Å². The van der Waals surface area contributed by atoms with Gasteiger partial charge in [0, 0.05) is 31.1 Å². The maximum atomic E-state index is 13.4. The van der Waals surface area contributed by atoms with Crippen LogP contribution in [-0.2, 0) is 4.79 Å². The molecule has 5 rings (SSSR count). The van der Waals surface area contributed by atoms with Crippen molar-refractivity contribution in [1.29, 1.82) is 0 Å². The number of methoxy groups -OCH3 is 1. The zero-order valence-corrected chi connectivity index (χ0v) is 19.1. The lowest BCUT2D eigenvalue weighted by molar-refractivity contribution is -0.126. The van der Waals surface area contributed by atoms with Crippen molar-refractivity contribution < 1.29 is 9.53 Å². The minimum atomic E-state index is -0.0747. The second kappa shape index (κ2) is 8.94. The van der Waals surface area contributed by atoms with Gasteiger partial charge in [0.05, 0.1) is 18.3 Å². The van der Waals surface area contributed by atoms with Crippen molar-refractivity contribution in [3.05, 3.63) is 46.1 Å². The first kappa shape index (κ1) is 21.0. The molecule has 3 heterocycles. The molecule has 0 bridgehead atoms. The fraction of sp³-hybridized carbons (Fsp3) is 0.458. The Kier molecular flexibility index (Phi) is 5.87. The SMILES string of the molecule is COc1cccc(-n2c(N3CCC(C(=O)NC4CCCC4)CC3)nc3ccsc3c2=O)c1. The smallest absolute Gasteiger partial charge is 0.277 e. The molecule has 32 heavy (non-hydrogen) atoms. The number of piperidine rings is 1. The van der Waals surface area contributed by atoms with E-state index in [0.717, 1.165) is 36.9 Å². The third-order valence-corrected chi connectivity index (χ3v) is 7.52. The van der Waals surface area contributed by atoms with Crippen molar-refractivity contribution in [1.82, 2.24) is 14.9 Å². The van der Waals surface area contributed by atoms with Gasteiger partial charge in [-0.1, -0.05) is 18.9 Å². The zero-order chi connectivity index (χ0) is 22.1. The van der Waals surface area contributed by atoms with E-state index in [1.807, 2.05) is 35.7 Å². The average Bonchev–Trinajstić information content (AvgIpc) is 3.51. The van der Waals surface area contributed by atoms with E-state index < -0.39 is 0 Å². The predicted octanol–water partition coefficient (Wildman–Crippen LogP) is 3.73. The number of fused-ring (bicyclic) bond motifs is 1. The van der Waals surface area contributed by atoms with Crippen molar-refractivity contribution in [2.24, 2.45) is 5.92 Å². The molecule has 8 heteroatoms. The van der Waals surface area contributed by atoms with Crippen LogP contribution in [-0.4, -0.2) is 41.7 Å². The lowest BCUT2D eigenvalue weighted by atomic mass is 9.95. The molecule has 7 nitrogen and oxygen atoms in total. The number of carbonyl (C=O) groups is 1. The fourth-order valence-electron chi connectivity index (χ4n) is 4.83. The lowest BCUT2D eigenvalue weighted by Gasteiger charge is -2.33. The Morgan fingerprint density at radius 2 is 1.94 bits per heavy atom. The van der Waals surface area contributed by atoms with Crippen LogP contribution in [0, 0.1) is 5.92 Å². The molecule has 1 amide bonds. The first-order valence-electron chi connectivity index (χ1n) is 11.3. The zero-order valence-electron chi connectivity index (χ0n) is 18.3. The normalized spacial score (nSPS) is 17.7. The molecular formula is C24H28N4O3S. The standard InChI is InChI=1S/C24H28N4O3S/c1-31-19-8-4-7-18(15-19)28-23(30)21-20(11-14-32-21)26-24(28)27-12-9-16(10-13-27)22(29)25-17-5-2-3-6-17/h4,7-8,11,14-17H,2-3,5-6,9-10,12-13H2,1H3,(H,25,29). The molecule has 168 valence electrons. The van der Waals surface area contributed by atoms with Crippen molar-refractivity contribution >= 4 is 33.4 Å². The topological polar surface area (TPSA) is 76.5 Å². The highest BCUT2D eigenvalue weighted by molar-refractivity contribution is 7.17. The molecular weight excluding hydrogens is 424 g/mol. The molecule has 1 aliphatic heterocycles. The monoisotopic (exact) mass is 452 g/mol. The first-order valence-corrected chi connectivity index (χ1v) is 12.2. The van der Waals surface area contributed by atoms with E-state index in [2.05, 4.69) is 10.2 Å². The number of nitrogens with one attached hydrogen (secondary N) is 1. The van der Waals surface area contributed by atoms with Crippen molar-refractivity contribution in [3.63, 3.8) is 0 Å². The number of aromatic nitrogens is 2. The van der Waals surface area contributed by atoms with Gasteiger partial charge >= 0.3 is 0 Å². The van der Waals surface area contributed by atoms with E-state index in [9.17, 15) is 9.59 Å². The summed E-state index contributed by atoms with van der Waals surface area (Å²) in [6, 6.07) is 9.73. The van der Waals surface area contributed by atoms with Crippen molar-refractivity contribution in [2.45, 2.75) is 44.6 Å². The number of amides is 1.